The summed E-state index contributed by atoms with van der Waals surface area (Å²) in [4.78, 5) is 19.5. The Morgan fingerprint density at radius 3 is 2.57 bits per heavy atom. The molecule has 7 nitrogen and oxygen atoms in total. The van der Waals surface area contributed by atoms with E-state index >= 15 is 0 Å². The maximum absolute atomic E-state index is 10.9. The van der Waals surface area contributed by atoms with Gasteiger partial charge in [-0.25, -0.2) is 4.79 Å². The van der Waals surface area contributed by atoms with Gasteiger partial charge < -0.3 is 14.4 Å². The highest BCUT2D eigenvalue weighted by Crippen LogP contribution is 2.32. The first-order valence-corrected chi connectivity index (χ1v) is 6.70. The van der Waals surface area contributed by atoms with Crippen molar-refractivity contribution in [1.82, 2.24) is 15.1 Å². The normalized spacial score (nSPS) is 21.6. The van der Waals surface area contributed by atoms with Crippen LogP contribution in [0.1, 0.15) is 36.2 Å². The van der Waals surface area contributed by atoms with Crippen LogP contribution in [0.4, 0.5) is 0 Å². The van der Waals surface area contributed by atoms with Gasteiger partial charge in [0.1, 0.15) is 6.10 Å². The number of aromatic nitrogens is 3. The smallest absolute Gasteiger partial charge is 0.332 e. The number of pyridine rings is 1. The quantitative estimate of drug-likeness (QED) is 0.923. The summed E-state index contributed by atoms with van der Waals surface area (Å²) in [6.45, 7) is 3.80. The van der Waals surface area contributed by atoms with Gasteiger partial charge in [-0.1, -0.05) is 5.16 Å². The lowest BCUT2D eigenvalue weighted by atomic mass is 10.2. The van der Waals surface area contributed by atoms with E-state index < -0.39 is 18.2 Å². The molecule has 3 rings (SSSR count). The molecule has 2 unspecified atom stereocenters. The maximum atomic E-state index is 10.9. The molecule has 1 N–H and O–H groups in total. The van der Waals surface area contributed by atoms with E-state index in [1.165, 1.54) is 0 Å². The molecule has 0 amide bonds. The van der Waals surface area contributed by atoms with Crippen LogP contribution in [-0.4, -0.2) is 32.3 Å². The molecule has 1 saturated heterocycles. The molecule has 2 aromatic heterocycles. The van der Waals surface area contributed by atoms with E-state index in [4.69, 9.17) is 14.4 Å². The van der Waals surface area contributed by atoms with Crippen LogP contribution in [-0.2, 0) is 9.53 Å². The first-order valence-electron chi connectivity index (χ1n) is 6.70. The molecular formula is C14H15N3O4. The number of rotatable bonds is 3. The van der Waals surface area contributed by atoms with Crippen molar-refractivity contribution in [1.29, 1.82) is 0 Å². The molecule has 0 radical (unpaired) electrons. The summed E-state index contributed by atoms with van der Waals surface area (Å²) >= 11 is 0. The van der Waals surface area contributed by atoms with Crippen molar-refractivity contribution in [2.45, 2.75) is 38.9 Å². The van der Waals surface area contributed by atoms with Crippen molar-refractivity contribution in [2.24, 2.45) is 0 Å². The number of carboxylic acid groups (broad SMARTS) is 1. The Hall–Kier alpha value is -2.28. The second-order valence-corrected chi connectivity index (χ2v) is 5.12. The van der Waals surface area contributed by atoms with Crippen LogP contribution in [0.2, 0.25) is 0 Å². The lowest BCUT2D eigenvalue weighted by Crippen LogP contribution is -2.18. The highest BCUT2D eigenvalue weighted by atomic mass is 16.5. The zero-order chi connectivity index (χ0) is 15.0. The van der Waals surface area contributed by atoms with E-state index in [1.807, 2.05) is 26.0 Å². The standard InChI is InChI=1S/C14H15N3O4/c1-7-5-9(6-8(2)15-7)12-16-13(21-17-12)10-3-4-11(20-10)14(18)19/h5-6,10-11H,3-4H2,1-2H3,(H,18,19). The van der Waals surface area contributed by atoms with Gasteiger partial charge in [0.25, 0.3) is 5.89 Å². The van der Waals surface area contributed by atoms with E-state index in [0.29, 0.717) is 24.6 Å². The van der Waals surface area contributed by atoms with E-state index in [2.05, 4.69) is 15.1 Å². The molecule has 0 saturated carbocycles. The number of hydrogen-bond acceptors (Lipinski definition) is 6. The van der Waals surface area contributed by atoms with Crippen molar-refractivity contribution in [3.8, 4) is 11.4 Å². The topological polar surface area (TPSA) is 98.3 Å². The Bertz CT molecular complexity index is 662. The highest BCUT2D eigenvalue weighted by Gasteiger charge is 2.34. The number of ether oxygens (including phenoxy) is 1. The fraction of sp³-hybridized carbons (Fsp3) is 0.429. The number of carboxylic acids is 1. The average Bonchev–Trinajstić information content (AvgIpc) is 3.07. The molecule has 0 spiro atoms. The third-order valence-corrected chi connectivity index (χ3v) is 3.35. The SMILES string of the molecule is Cc1cc(-c2noc(C3CCC(C(=O)O)O3)n2)cc(C)n1. The lowest BCUT2D eigenvalue weighted by Gasteiger charge is -2.05. The zero-order valence-electron chi connectivity index (χ0n) is 11.7. The summed E-state index contributed by atoms with van der Waals surface area (Å²) in [7, 11) is 0. The van der Waals surface area contributed by atoms with Crippen LogP contribution in [0.5, 0.6) is 0 Å². The van der Waals surface area contributed by atoms with Crippen LogP contribution in [0.15, 0.2) is 16.7 Å². The van der Waals surface area contributed by atoms with E-state index in [9.17, 15) is 4.79 Å². The molecule has 1 aliphatic rings. The van der Waals surface area contributed by atoms with Gasteiger partial charge in [0.05, 0.1) is 0 Å². The molecule has 0 bridgehead atoms. The monoisotopic (exact) mass is 289 g/mol. The second kappa shape index (κ2) is 5.25. The summed E-state index contributed by atoms with van der Waals surface area (Å²) in [6.07, 6.45) is -0.231. The Kier molecular flexibility index (Phi) is 3.42. The van der Waals surface area contributed by atoms with Crippen molar-refractivity contribution in [2.75, 3.05) is 0 Å². The lowest BCUT2D eigenvalue weighted by molar-refractivity contribution is -0.150. The number of aliphatic carboxylic acids is 1. The van der Waals surface area contributed by atoms with Gasteiger partial charge >= 0.3 is 5.97 Å². The minimum absolute atomic E-state index is 0.320. The largest absolute Gasteiger partial charge is 0.479 e. The summed E-state index contributed by atoms with van der Waals surface area (Å²) in [5.41, 5.74) is 2.57. The highest BCUT2D eigenvalue weighted by molar-refractivity contribution is 5.72. The summed E-state index contributed by atoms with van der Waals surface area (Å²) in [5, 5.41) is 12.9. The van der Waals surface area contributed by atoms with Gasteiger partial charge in [-0.05, 0) is 38.8 Å². The molecule has 110 valence electrons. The molecule has 0 aromatic carbocycles. The minimum atomic E-state index is -0.961. The van der Waals surface area contributed by atoms with Crippen LogP contribution < -0.4 is 0 Å². The average molecular weight is 289 g/mol. The summed E-state index contributed by atoms with van der Waals surface area (Å²) in [6, 6.07) is 3.74. The molecule has 1 fully saturated rings. The minimum Gasteiger partial charge on any atom is -0.479 e. The molecule has 3 heterocycles. The van der Waals surface area contributed by atoms with Crippen LogP contribution in [0, 0.1) is 13.8 Å². The van der Waals surface area contributed by atoms with Gasteiger partial charge in [0, 0.05) is 17.0 Å². The number of aryl methyl sites for hydroxylation is 2. The Balaban J connectivity index is 1.82. The Morgan fingerprint density at radius 2 is 1.95 bits per heavy atom. The molecular weight excluding hydrogens is 274 g/mol. The summed E-state index contributed by atoms with van der Waals surface area (Å²) in [5.74, 6) is -0.181. The Labute approximate surface area is 121 Å². The molecule has 2 atom stereocenters. The van der Waals surface area contributed by atoms with Crippen molar-refractivity contribution >= 4 is 5.97 Å². The predicted molar refractivity (Wildman–Crippen MR) is 71.5 cm³/mol. The molecule has 2 aromatic rings. The predicted octanol–water partition coefficient (Wildman–Crippen LogP) is 2.05. The van der Waals surface area contributed by atoms with E-state index in [1.54, 1.807) is 0 Å². The van der Waals surface area contributed by atoms with Gasteiger partial charge in [-0.3, -0.25) is 4.98 Å². The zero-order valence-corrected chi connectivity index (χ0v) is 11.7. The van der Waals surface area contributed by atoms with Gasteiger partial charge in [-0.2, -0.15) is 4.98 Å². The maximum Gasteiger partial charge on any atom is 0.332 e. The first-order chi connectivity index (χ1) is 10.0. The molecule has 7 heteroatoms. The molecule has 21 heavy (non-hydrogen) atoms. The van der Waals surface area contributed by atoms with Gasteiger partial charge in [-0.15, -0.1) is 0 Å². The third kappa shape index (κ3) is 2.78. The number of nitrogens with zero attached hydrogens (tertiary/aromatic N) is 3. The van der Waals surface area contributed by atoms with Gasteiger partial charge in [0.15, 0.2) is 6.10 Å². The fourth-order valence-corrected chi connectivity index (χ4v) is 2.45. The Morgan fingerprint density at radius 1 is 1.24 bits per heavy atom. The van der Waals surface area contributed by atoms with Crippen LogP contribution >= 0.6 is 0 Å². The molecule has 1 aliphatic heterocycles. The fourth-order valence-electron chi connectivity index (χ4n) is 2.45. The van der Waals surface area contributed by atoms with Crippen molar-refractivity contribution < 1.29 is 19.2 Å². The third-order valence-electron chi connectivity index (χ3n) is 3.35. The number of hydrogen-bond donors (Lipinski definition) is 1. The van der Waals surface area contributed by atoms with E-state index in [0.717, 1.165) is 17.0 Å². The summed E-state index contributed by atoms with van der Waals surface area (Å²) < 4.78 is 10.6. The van der Waals surface area contributed by atoms with Gasteiger partial charge in [0.2, 0.25) is 5.82 Å². The van der Waals surface area contributed by atoms with Crippen LogP contribution in [0.3, 0.4) is 0 Å². The molecule has 0 aliphatic carbocycles. The van der Waals surface area contributed by atoms with Crippen molar-refractivity contribution in [3.05, 3.63) is 29.4 Å². The number of carbonyl (C=O) groups is 1. The second-order valence-electron chi connectivity index (χ2n) is 5.12. The first kappa shape index (κ1) is 13.7. The van der Waals surface area contributed by atoms with E-state index in [-0.39, 0.29) is 0 Å². The van der Waals surface area contributed by atoms with Crippen LogP contribution in [0.25, 0.3) is 11.4 Å². The van der Waals surface area contributed by atoms with Crippen molar-refractivity contribution in [3.63, 3.8) is 0 Å².